The minimum absolute atomic E-state index is 0.0652. The van der Waals surface area contributed by atoms with Gasteiger partial charge in [-0.15, -0.1) is 0 Å². The maximum atomic E-state index is 11.6. The predicted molar refractivity (Wildman–Crippen MR) is 71.0 cm³/mol. The number of carboxylic acid groups (broad SMARTS) is 1. The topological polar surface area (TPSA) is 125 Å². The van der Waals surface area contributed by atoms with E-state index >= 15 is 0 Å². The largest absolute Gasteiger partial charge is 0.481 e. The lowest BCUT2D eigenvalue weighted by atomic mass is 10.1. The molecule has 1 aromatic rings. The van der Waals surface area contributed by atoms with Gasteiger partial charge in [0.15, 0.2) is 0 Å². The highest BCUT2D eigenvalue weighted by atomic mass is 16.4. The number of amides is 2. The molecule has 3 N–H and O–H groups in total. The van der Waals surface area contributed by atoms with Crippen molar-refractivity contribution in [2.75, 3.05) is 0 Å². The maximum Gasteiger partial charge on any atom is 0.303 e. The molecule has 2 amide bonds. The number of pyridine rings is 1. The average molecular weight is 293 g/mol. The van der Waals surface area contributed by atoms with E-state index in [0.717, 1.165) is 0 Å². The first-order valence-electron chi connectivity index (χ1n) is 6.21. The highest BCUT2D eigenvalue weighted by Crippen LogP contribution is 1.99. The standard InChI is InChI=1S/C13H15N3O5/c17-10(2-4-12(19)20)1-3-11(18)15-16-13(21)9-5-7-14-8-6-9/h5-8H,1-4H2,(H,15,18)(H,16,21)(H,19,20). The normalized spacial score (nSPS) is 9.71. The van der Waals surface area contributed by atoms with Crippen molar-refractivity contribution in [3.05, 3.63) is 30.1 Å². The van der Waals surface area contributed by atoms with Gasteiger partial charge in [0.25, 0.3) is 5.91 Å². The van der Waals surface area contributed by atoms with Gasteiger partial charge in [-0.2, -0.15) is 0 Å². The van der Waals surface area contributed by atoms with Crippen LogP contribution in [0.1, 0.15) is 36.0 Å². The zero-order valence-corrected chi connectivity index (χ0v) is 11.2. The number of ketones is 1. The molecular formula is C13H15N3O5. The molecule has 0 atom stereocenters. The van der Waals surface area contributed by atoms with E-state index in [1.165, 1.54) is 24.5 Å². The van der Waals surface area contributed by atoms with Crippen molar-refractivity contribution in [3.63, 3.8) is 0 Å². The Balaban J connectivity index is 2.24. The Morgan fingerprint density at radius 1 is 0.952 bits per heavy atom. The Morgan fingerprint density at radius 2 is 1.57 bits per heavy atom. The van der Waals surface area contributed by atoms with Gasteiger partial charge in [-0.1, -0.05) is 0 Å². The van der Waals surface area contributed by atoms with E-state index in [1.54, 1.807) is 0 Å². The second-order valence-electron chi connectivity index (χ2n) is 4.17. The molecule has 1 aromatic heterocycles. The van der Waals surface area contributed by atoms with Crippen molar-refractivity contribution in [2.24, 2.45) is 0 Å². The minimum atomic E-state index is -1.06. The quantitative estimate of drug-likeness (QED) is 0.610. The predicted octanol–water partition coefficient (Wildman–Crippen LogP) is 0.0567. The second kappa shape index (κ2) is 8.41. The van der Waals surface area contributed by atoms with Crippen molar-refractivity contribution >= 4 is 23.6 Å². The molecule has 0 radical (unpaired) electrons. The number of aromatic nitrogens is 1. The second-order valence-corrected chi connectivity index (χ2v) is 4.17. The van der Waals surface area contributed by atoms with Crippen molar-refractivity contribution in [1.82, 2.24) is 15.8 Å². The van der Waals surface area contributed by atoms with Crippen LogP contribution < -0.4 is 10.9 Å². The van der Waals surface area contributed by atoms with Crippen molar-refractivity contribution < 1.29 is 24.3 Å². The van der Waals surface area contributed by atoms with Crippen LogP contribution in [0.2, 0.25) is 0 Å². The molecule has 0 spiro atoms. The molecule has 0 bridgehead atoms. The molecule has 0 aliphatic heterocycles. The number of hydrogen-bond acceptors (Lipinski definition) is 5. The van der Waals surface area contributed by atoms with Gasteiger partial charge in [0.05, 0.1) is 6.42 Å². The van der Waals surface area contributed by atoms with E-state index < -0.39 is 17.8 Å². The number of rotatable bonds is 7. The molecule has 0 fully saturated rings. The summed E-state index contributed by atoms with van der Waals surface area (Å²) in [5.41, 5.74) is 4.71. The number of hydrazine groups is 1. The lowest BCUT2D eigenvalue weighted by molar-refractivity contribution is -0.138. The first-order valence-corrected chi connectivity index (χ1v) is 6.21. The molecule has 0 saturated carbocycles. The summed E-state index contributed by atoms with van der Waals surface area (Å²) in [5.74, 6) is -2.39. The smallest absolute Gasteiger partial charge is 0.303 e. The summed E-state index contributed by atoms with van der Waals surface area (Å²) >= 11 is 0. The van der Waals surface area contributed by atoms with Gasteiger partial charge in [-0.05, 0) is 12.1 Å². The van der Waals surface area contributed by atoms with Crippen LogP contribution in [0.25, 0.3) is 0 Å². The van der Waals surface area contributed by atoms with Crippen LogP contribution in [-0.4, -0.2) is 33.7 Å². The molecule has 1 heterocycles. The monoisotopic (exact) mass is 293 g/mol. The van der Waals surface area contributed by atoms with E-state index in [2.05, 4.69) is 15.8 Å². The van der Waals surface area contributed by atoms with Crippen molar-refractivity contribution in [3.8, 4) is 0 Å². The van der Waals surface area contributed by atoms with Gasteiger partial charge in [-0.3, -0.25) is 35.0 Å². The molecule has 21 heavy (non-hydrogen) atoms. The Bertz CT molecular complexity index is 530. The third-order valence-electron chi connectivity index (χ3n) is 2.51. The number of carbonyl (C=O) groups excluding carboxylic acids is 3. The van der Waals surface area contributed by atoms with Crippen LogP contribution in [0.15, 0.2) is 24.5 Å². The minimum Gasteiger partial charge on any atom is -0.481 e. The van der Waals surface area contributed by atoms with E-state index in [-0.39, 0.29) is 31.5 Å². The number of nitrogens with one attached hydrogen (secondary N) is 2. The number of nitrogens with zero attached hydrogens (tertiary/aromatic N) is 1. The summed E-state index contributed by atoms with van der Waals surface area (Å²) < 4.78 is 0. The fourth-order valence-corrected chi connectivity index (χ4v) is 1.39. The van der Waals surface area contributed by atoms with E-state index in [4.69, 9.17) is 5.11 Å². The number of Topliss-reactive ketones (excluding diaryl/α,β-unsaturated/α-hetero) is 1. The van der Waals surface area contributed by atoms with Gasteiger partial charge in [0, 0.05) is 37.2 Å². The summed E-state index contributed by atoms with van der Waals surface area (Å²) in [7, 11) is 0. The van der Waals surface area contributed by atoms with Crippen LogP contribution >= 0.6 is 0 Å². The zero-order valence-electron chi connectivity index (χ0n) is 11.2. The Hall–Kier alpha value is -2.77. The molecule has 0 aromatic carbocycles. The van der Waals surface area contributed by atoms with Gasteiger partial charge >= 0.3 is 5.97 Å². The van der Waals surface area contributed by atoms with Crippen LogP contribution in [0.4, 0.5) is 0 Å². The zero-order chi connectivity index (χ0) is 15.7. The Morgan fingerprint density at radius 3 is 2.19 bits per heavy atom. The Kier molecular flexibility index (Phi) is 6.52. The third-order valence-corrected chi connectivity index (χ3v) is 2.51. The van der Waals surface area contributed by atoms with Gasteiger partial charge < -0.3 is 5.11 Å². The fraction of sp³-hybridized carbons (Fsp3) is 0.308. The molecule has 0 aliphatic rings. The molecule has 0 saturated heterocycles. The van der Waals surface area contributed by atoms with Crippen LogP contribution in [0, 0.1) is 0 Å². The molecule has 112 valence electrons. The first kappa shape index (κ1) is 16.3. The van der Waals surface area contributed by atoms with E-state index in [1.807, 2.05) is 0 Å². The summed E-state index contributed by atoms with van der Waals surface area (Å²) in [6.07, 6.45) is 2.35. The van der Waals surface area contributed by atoms with Crippen LogP contribution in [-0.2, 0) is 14.4 Å². The molecule has 8 heteroatoms. The summed E-state index contributed by atoms with van der Waals surface area (Å²) in [4.78, 5) is 48.3. The van der Waals surface area contributed by atoms with Crippen molar-refractivity contribution in [1.29, 1.82) is 0 Å². The number of hydrogen-bond donors (Lipinski definition) is 3. The number of carbonyl (C=O) groups is 4. The lowest BCUT2D eigenvalue weighted by Gasteiger charge is -2.06. The van der Waals surface area contributed by atoms with E-state index in [0.29, 0.717) is 5.56 Å². The summed E-state index contributed by atoms with van der Waals surface area (Å²) in [6.45, 7) is 0. The van der Waals surface area contributed by atoms with Crippen LogP contribution in [0.3, 0.4) is 0 Å². The molecule has 8 nitrogen and oxygen atoms in total. The highest BCUT2D eigenvalue weighted by molar-refractivity contribution is 5.95. The SMILES string of the molecule is O=C(O)CCC(=O)CCC(=O)NNC(=O)c1ccncc1. The molecule has 0 unspecified atom stereocenters. The van der Waals surface area contributed by atoms with Gasteiger partial charge in [0.2, 0.25) is 5.91 Å². The molecule has 0 aliphatic carbocycles. The number of carboxylic acids is 1. The van der Waals surface area contributed by atoms with Gasteiger partial charge in [-0.25, -0.2) is 0 Å². The molecule has 1 rings (SSSR count). The van der Waals surface area contributed by atoms with E-state index in [9.17, 15) is 19.2 Å². The maximum absolute atomic E-state index is 11.6. The third kappa shape index (κ3) is 6.81. The lowest BCUT2D eigenvalue weighted by Crippen LogP contribution is -2.41. The van der Waals surface area contributed by atoms with Crippen LogP contribution in [0.5, 0.6) is 0 Å². The summed E-state index contributed by atoms with van der Waals surface area (Å²) in [5, 5.41) is 8.41. The number of aliphatic carboxylic acids is 1. The fourth-order valence-electron chi connectivity index (χ4n) is 1.39. The highest BCUT2D eigenvalue weighted by Gasteiger charge is 2.10. The van der Waals surface area contributed by atoms with Crippen molar-refractivity contribution in [2.45, 2.75) is 25.7 Å². The average Bonchev–Trinajstić information content (AvgIpc) is 2.49. The Labute approximate surface area is 120 Å². The summed E-state index contributed by atoms with van der Waals surface area (Å²) in [6, 6.07) is 2.97. The first-order chi connectivity index (χ1) is 9.99. The molecular weight excluding hydrogens is 278 g/mol. The van der Waals surface area contributed by atoms with Gasteiger partial charge in [0.1, 0.15) is 5.78 Å².